The van der Waals surface area contributed by atoms with Crippen molar-refractivity contribution in [3.05, 3.63) is 42.2 Å². The molecular formula is C27H40N2O2. The molecule has 2 rings (SSSR count). The Bertz CT molecular complexity index is 741. The maximum atomic E-state index is 12.0. The largest absolute Gasteiger partial charge is 0.427 e. The van der Waals surface area contributed by atoms with E-state index in [0.29, 0.717) is 18.0 Å². The van der Waals surface area contributed by atoms with Crippen molar-refractivity contribution in [3.63, 3.8) is 0 Å². The third kappa shape index (κ3) is 10.1. The van der Waals surface area contributed by atoms with E-state index in [1.54, 1.807) is 0 Å². The quantitative estimate of drug-likeness (QED) is 0.168. The Hall–Kier alpha value is -2.23. The van der Waals surface area contributed by atoms with Gasteiger partial charge in [0.05, 0.1) is 0 Å². The van der Waals surface area contributed by atoms with Crippen molar-refractivity contribution in [2.75, 3.05) is 0 Å². The second kappa shape index (κ2) is 14.7. The van der Waals surface area contributed by atoms with Crippen LogP contribution in [0, 0.1) is 5.92 Å². The molecule has 0 fully saturated rings. The molecule has 1 aromatic heterocycles. The number of carbonyl (C=O) groups is 1. The Kier molecular flexibility index (Phi) is 11.9. The lowest BCUT2D eigenvalue weighted by Crippen LogP contribution is -2.07. The van der Waals surface area contributed by atoms with Crippen LogP contribution in [0.25, 0.3) is 11.4 Å². The molecular weight excluding hydrogens is 384 g/mol. The fraction of sp³-hybridized carbons (Fsp3) is 0.593. The number of rotatable bonds is 15. The number of aromatic nitrogens is 2. The fourth-order valence-electron chi connectivity index (χ4n) is 3.56. The molecule has 31 heavy (non-hydrogen) atoms. The number of aryl methyl sites for hydroxylation is 1. The highest BCUT2D eigenvalue weighted by Crippen LogP contribution is 2.20. The molecule has 0 unspecified atom stereocenters. The fourth-order valence-corrected chi connectivity index (χ4v) is 3.56. The molecule has 0 aliphatic heterocycles. The first-order chi connectivity index (χ1) is 15.1. The molecule has 0 spiro atoms. The van der Waals surface area contributed by atoms with Crippen molar-refractivity contribution in [1.29, 1.82) is 0 Å². The van der Waals surface area contributed by atoms with Crippen molar-refractivity contribution >= 4 is 5.97 Å². The third-order valence-corrected chi connectivity index (χ3v) is 5.89. The van der Waals surface area contributed by atoms with Crippen LogP contribution in [0.4, 0.5) is 0 Å². The zero-order chi connectivity index (χ0) is 22.3. The van der Waals surface area contributed by atoms with E-state index in [4.69, 9.17) is 4.74 Å². The van der Waals surface area contributed by atoms with Crippen molar-refractivity contribution in [2.45, 2.75) is 97.8 Å². The van der Waals surface area contributed by atoms with Gasteiger partial charge in [-0.3, -0.25) is 4.79 Å². The lowest BCUT2D eigenvalue weighted by atomic mass is 10.0. The number of hydrogen-bond acceptors (Lipinski definition) is 4. The summed E-state index contributed by atoms with van der Waals surface area (Å²) in [6, 6.07) is 7.46. The number of nitrogens with zero attached hydrogens (tertiary/aromatic N) is 2. The van der Waals surface area contributed by atoms with Gasteiger partial charge in [-0.25, -0.2) is 9.97 Å². The van der Waals surface area contributed by atoms with Crippen LogP contribution in [0.1, 0.15) is 97.0 Å². The van der Waals surface area contributed by atoms with Crippen LogP contribution in [0.2, 0.25) is 0 Å². The molecule has 1 aromatic carbocycles. The van der Waals surface area contributed by atoms with Crippen molar-refractivity contribution in [1.82, 2.24) is 9.97 Å². The molecule has 1 heterocycles. The van der Waals surface area contributed by atoms with Gasteiger partial charge < -0.3 is 4.74 Å². The monoisotopic (exact) mass is 424 g/mol. The van der Waals surface area contributed by atoms with E-state index in [1.807, 2.05) is 36.7 Å². The molecule has 0 amide bonds. The van der Waals surface area contributed by atoms with E-state index in [2.05, 4.69) is 30.7 Å². The van der Waals surface area contributed by atoms with Gasteiger partial charge >= 0.3 is 5.97 Å². The van der Waals surface area contributed by atoms with Crippen molar-refractivity contribution in [3.8, 4) is 17.1 Å². The first-order valence-electron chi connectivity index (χ1n) is 12.2. The molecule has 1 atom stereocenters. The zero-order valence-electron chi connectivity index (χ0n) is 19.7. The van der Waals surface area contributed by atoms with Gasteiger partial charge in [0.15, 0.2) is 5.82 Å². The summed E-state index contributed by atoms with van der Waals surface area (Å²) < 4.78 is 5.46. The Morgan fingerprint density at radius 2 is 1.58 bits per heavy atom. The van der Waals surface area contributed by atoms with Gasteiger partial charge in [-0.15, -0.1) is 0 Å². The molecule has 0 bridgehead atoms. The van der Waals surface area contributed by atoms with Crippen molar-refractivity contribution < 1.29 is 9.53 Å². The predicted molar refractivity (Wildman–Crippen MR) is 128 cm³/mol. The highest BCUT2D eigenvalue weighted by atomic mass is 16.5. The SMILES string of the molecule is CCCCCCCCc1cnc(-c2ccc(OC(=O)CCCC[C@@H](C)CC)cc2)nc1. The highest BCUT2D eigenvalue weighted by Gasteiger charge is 2.07. The van der Waals surface area contributed by atoms with E-state index < -0.39 is 0 Å². The number of benzene rings is 1. The van der Waals surface area contributed by atoms with Gasteiger partial charge in [0.1, 0.15) is 5.75 Å². The van der Waals surface area contributed by atoms with Gasteiger partial charge in [0.25, 0.3) is 0 Å². The molecule has 4 heteroatoms. The number of unbranched alkanes of at least 4 members (excludes halogenated alkanes) is 6. The summed E-state index contributed by atoms with van der Waals surface area (Å²) in [5.74, 6) is 1.85. The molecule has 0 N–H and O–H groups in total. The van der Waals surface area contributed by atoms with E-state index in [9.17, 15) is 4.79 Å². The average Bonchev–Trinajstić information content (AvgIpc) is 2.80. The molecule has 0 aliphatic rings. The Balaban J connectivity index is 1.73. The predicted octanol–water partition coefficient (Wildman–Crippen LogP) is 7.56. The van der Waals surface area contributed by atoms with Gasteiger partial charge in [0, 0.05) is 24.4 Å². The van der Waals surface area contributed by atoms with Crippen LogP contribution >= 0.6 is 0 Å². The average molecular weight is 425 g/mol. The van der Waals surface area contributed by atoms with Gasteiger partial charge in [0.2, 0.25) is 0 Å². The number of carbonyl (C=O) groups excluding carboxylic acids is 1. The van der Waals surface area contributed by atoms with E-state index in [0.717, 1.165) is 30.7 Å². The van der Waals surface area contributed by atoms with Crippen LogP contribution in [0.3, 0.4) is 0 Å². The number of esters is 1. The summed E-state index contributed by atoms with van der Waals surface area (Å²) in [4.78, 5) is 21.1. The van der Waals surface area contributed by atoms with Crippen molar-refractivity contribution in [2.24, 2.45) is 5.92 Å². The summed E-state index contributed by atoms with van der Waals surface area (Å²) in [5, 5.41) is 0. The molecule has 2 aromatic rings. The van der Waals surface area contributed by atoms with Crippen LogP contribution in [0.5, 0.6) is 5.75 Å². The summed E-state index contributed by atoms with van der Waals surface area (Å²) in [6.45, 7) is 6.71. The second-order valence-corrected chi connectivity index (χ2v) is 8.69. The molecule has 0 radical (unpaired) electrons. The molecule has 4 nitrogen and oxygen atoms in total. The summed E-state index contributed by atoms with van der Waals surface area (Å²) in [7, 11) is 0. The topological polar surface area (TPSA) is 52.1 Å². The molecule has 0 aliphatic carbocycles. The Labute approximate surface area is 188 Å². The first-order valence-corrected chi connectivity index (χ1v) is 12.2. The second-order valence-electron chi connectivity index (χ2n) is 8.69. The highest BCUT2D eigenvalue weighted by molar-refractivity contribution is 5.72. The minimum Gasteiger partial charge on any atom is -0.427 e. The van der Waals surface area contributed by atoms with Crippen LogP contribution < -0.4 is 4.74 Å². The smallest absolute Gasteiger partial charge is 0.311 e. The van der Waals surface area contributed by atoms with Gasteiger partial charge in [-0.05, 0) is 55.0 Å². The van der Waals surface area contributed by atoms with E-state index in [-0.39, 0.29) is 5.97 Å². The molecule has 170 valence electrons. The van der Waals surface area contributed by atoms with E-state index in [1.165, 1.54) is 56.9 Å². The zero-order valence-corrected chi connectivity index (χ0v) is 19.7. The molecule has 0 saturated carbocycles. The standard InChI is InChI=1S/C27H40N2O2/c1-4-6-7-8-9-10-14-23-20-28-27(29-21-23)24-16-18-25(19-17-24)31-26(30)15-12-11-13-22(3)5-2/h16-22H,4-15H2,1-3H3/t22-/m0/s1. The van der Waals surface area contributed by atoms with Crippen LogP contribution in [-0.4, -0.2) is 15.9 Å². The Morgan fingerprint density at radius 3 is 2.26 bits per heavy atom. The summed E-state index contributed by atoms with van der Waals surface area (Å²) >= 11 is 0. The number of hydrogen-bond donors (Lipinski definition) is 0. The minimum atomic E-state index is -0.160. The van der Waals surface area contributed by atoms with Gasteiger partial charge in [-0.1, -0.05) is 72.1 Å². The maximum absolute atomic E-state index is 12.0. The van der Waals surface area contributed by atoms with Gasteiger partial charge in [-0.2, -0.15) is 0 Å². The van der Waals surface area contributed by atoms with Crippen LogP contribution in [0.15, 0.2) is 36.7 Å². The Morgan fingerprint density at radius 1 is 0.903 bits per heavy atom. The molecule has 0 saturated heterocycles. The first kappa shape index (κ1) is 25.0. The lowest BCUT2D eigenvalue weighted by molar-refractivity contribution is -0.134. The van der Waals surface area contributed by atoms with E-state index >= 15 is 0 Å². The maximum Gasteiger partial charge on any atom is 0.311 e. The summed E-state index contributed by atoms with van der Waals surface area (Å²) in [6.07, 6.45) is 17.5. The lowest BCUT2D eigenvalue weighted by Gasteiger charge is -2.08. The normalized spacial score (nSPS) is 12.0. The number of ether oxygens (including phenoxy) is 1. The third-order valence-electron chi connectivity index (χ3n) is 5.89. The minimum absolute atomic E-state index is 0.160. The summed E-state index contributed by atoms with van der Waals surface area (Å²) in [5.41, 5.74) is 2.12. The van der Waals surface area contributed by atoms with Crippen LogP contribution in [-0.2, 0) is 11.2 Å².